The van der Waals surface area contributed by atoms with Crippen LogP contribution in [0, 0.1) is 18.3 Å². The van der Waals surface area contributed by atoms with Crippen molar-refractivity contribution in [3.63, 3.8) is 0 Å². The van der Waals surface area contributed by atoms with Crippen molar-refractivity contribution in [3.8, 4) is 22.9 Å². The van der Waals surface area contributed by atoms with Gasteiger partial charge in [0.05, 0.1) is 0 Å². The maximum atomic E-state index is 12.1. The molecule has 2 aromatic carbocycles. The molecule has 3 aromatic rings. The molecule has 0 aliphatic heterocycles. The molecule has 0 amide bonds. The molecule has 0 fully saturated rings. The largest absolute Gasteiger partial charge is 0.488 e. The predicted octanol–water partition coefficient (Wildman–Crippen LogP) is 4.56. The van der Waals surface area contributed by atoms with Crippen LogP contribution in [0.25, 0.3) is 11.1 Å². The highest BCUT2D eigenvalue weighted by Crippen LogP contribution is 2.32. The molecule has 0 unspecified atom stereocenters. The molecule has 0 spiro atoms. The number of H-pyrrole nitrogens is 1. The van der Waals surface area contributed by atoms with Gasteiger partial charge in [-0.3, -0.25) is 4.79 Å². The van der Waals surface area contributed by atoms with Gasteiger partial charge >= 0.3 is 0 Å². The standard InChI is InChI=1S/C20H15BrN2O2/c1-13-9-17(18(11-22)20(24)23-13)16-7-2-3-8-19(16)25-12-14-5-4-6-15(21)10-14/h2-10H,12H2,1H3,(H,23,24). The zero-order valence-electron chi connectivity index (χ0n) is 13.5. The highest BCUT2D eigenvalue weighted by Gasteiger charge is 2.14. The number of hydrogen-bond donors (Lipinski definition) is 1. The highest BCUT2D eigenvalue weighted by molar-refractivity contribution is 9.10. The van der Waals surface area contributed by atoms with E-state index in [1.807, 2.05) is 54.6 Å². The van der Waals surface area contributed by atoms with E-state index in [1.54, 1.807) is 13.0 Å². The first-order valence-corrected chi connectivity index (χ1v) is 8.48. The molecular formula is C20H15BrN2O2. The summed E-state index contributed by atoms with van der Waals surface area (Å²) in [5.41, 5.74) is 2.72. The molecule has 25 heavy (non-hydrogen) atoms. The summed E-state index contributed by atoms with van der Waals surface area (Å²) in [4.78, 5) is 14.7. The fraction of sp³-hybridized carbons (Fsp3) is 0.100. The van der Waals surface area contributed by atoms with E-state index in [4.69, 9.17) is 4.74 Å². The van der Waals surface area contributed by atoms with Crippen LogP contribution in [0.4, 0.5) is 0 Å². The van der Waals surface area contributed by atoms with Gasteiger partial charge in [0.1, 0.15) is 24.0 Å². The summed E-state index contributed by atoms with van der Waals surface area (Å²) in [5, 5.41) is 9.36. The summed E-state index contributed by atoms with van der Waals surface area (Å²) in [6.07, 6.45) is 0. The minimum absolute atomic E-state index is 0.0871. The number of aryl methyl sites for hydroxylation is 1. The number of halogens is 1. The Morgan fingerprint density at radius 2 is 1.92 bits per heavy atom. The zero-order chi connectivity index (χ0) is 17.8. The van der Waals surface area contributed by atoms with Crippen LogP contribution >= 0.6 is 15.9 Å². The molecule has 0 aliphatic rings. The van der Waals surface area contributed by atoms with Crippen molar-refractivity contribution in [1.29, 1.82) is 5.26 Å². The van der Waals surface area contributed by atoms with Crippen LogP contribution in [0.5, 0.6) is 5.75 Å². The topological polar surface area (TPSA) is 65.9 Å². The average molecular weight is 395 g/mol. The molecule has 0 atom stereocenters. The normalized spacial score (nSPS) is 10.3. The number of aromatic amines is 1. The Bertz CT molecular complexity index is 1020. The third kappa shape index (κ3) is 3.81. The Morgan fingerprint density at radius 1 is 1.12 bits per heavy atom. The quantitative estimate of drug-likeness (QED) is 0.704. The molecule has 0 saturated heterocycles. The second-order valence-corrected chi connectivity index (χ2v) is 6.51. The van der Waals surface area contributed by atoms with Crippen LogP contribution in [-0.4, -0.2) is 4.98 Å². The molecule has 4 nitrogen and oxygen atoms in total. The van der Waals surface area contributed by atoms with Crippen molar-refractivity contribution < 1.29 is 4.74 Å². The maximum absolute atomic E-state index is 12.1. The van der Waals surface area contributed by atoms with E-state index in [-0.39, 0.29) is 11.1 Å². The molecule has 1 aromatic heterocycles. The number of benzene rings is 2. The van der Waals surface area contributed by atoms with Gasteiger partial charge < -0.3 is 9.72 Å². The first-order valence-electron chi connectivity index (χ1n) is 7.69. The van der Waals surface area contributed by atoms with Crippen LogP contribution < -0.4 is 10.3 Å². The van der Waals surface area contributed by atoms with E-state index >= 15 is 0 Å². The van der Waals surface area contributed by atoms with Crippen molar-refractivity contribution in [1.82, 2.24) is 4.98 Å². The lowest BCUT2D eigenvalue weighted by Crippen LogP contribution is -2.13. The molecule has 1 N–H and O–H groups in total. The molecule has 0 radical (unpaired) electrons. The first-order chi connectivity index (χ1) is 12.1. The van der Waals surface area contributed by atoms with E-state index in [9.17, 15) is 10.1 Å². The second kappa shape index (κ2) is 7.37. The second-order valence-electron chi connectivity index (χ2n) is 5.60. The lowest BCUT2D eigenvalue weighted by atomic mass is 10.00. The summed E-state index contributed by atoms with van der Waals surface area (Å²) in [6.45, 7) is 2.18. The zero-order valence-corrected chi connectivity index (χ0v) is 15.1. The van der Waals surface area contributed by atoms with Gasteiger partial charge in [-0.2, -0.15) is 5.26 Å². The number of pyridine rings is 1. The number of ether oxygens (including phenoxy) is 1. The van der Waals surface area contributed by atoms with Crippen LogP contribution in [0.1, 0.15) is 16.8 Å². The summed E-state index contributed by atoms with van der Waals surface area (Å²) >= 11 is 3.44. The van der Waals surface area contributed by atoms with Crippen LogP contribution in [0.15, 0.2) is 63.9 Å². The smallest absolute Gasteiger partial charge is 0.266 e. The number of nitriles is 1. The summed E-state index contributed by atoms with van der Waals surface area (Å²) in [5.74, 6) is 0.629. The molecule has 124 valence electrons. The number of nitrogens with zero attached hydrogens (tertiary/aromatic N) is 1. The molecule has 0 aliphatic carbocycles. The summed E-state index contributed by atoms with van der Waals surface area (Å²) in [6, 6.07) is 19.1. The van der Waals surface area contributed by atoms with Gasteiger partial charge in [0.15, 0.2) is 0 Å². The number of aromatic nitrogens is 1. The first kappa shape index (κ1) is 17.0. The molecule has 0 saturated carbocycles. The lowest BCUT2D eigenvalue weighted by molar-refractivity contribution is 0.307. The van der Waals surface area contributed by atoms with Crippen molar-refractivity contribution in [3.05, 3.63) is 86.2 Å². The number of para-hydroxylation sites is 1. The minimum Gasteiger partial charge on any atom is -0.488 e. The Labute approximate surface area is 153 Å². The number of nitrogens with one attached hydrogen (secondary N) is 1. The molecule has 5 heteroatoms. The molecular weight excluding hydrogens is 380 g/mol. The summed E-state index contributed by atoms with van der Waals surface area (Å²) in [7, 11) is 0. The highest BCUT2D eigenvalue weighted by atomic mass is 79.9. The Kier molecular flexibility index (Phi) is 5.01. The van der Waals surface area contributed by atoms with Gasteiger partial charge in [-0.05, 0) is 36.8 Å². The van der Waals surface area contributed by atoms with Crippen molar-refractivity contribution >= 4 is 15.9 Å². The van der Waals surface area contributed by atoms with Crippen LogP contribution in [0.3, 0.4) is 0 Å². The third-order valence-corrected chi connectivity index (χ3v) is 4.23. The Hall–Kier alpha value is -2.84. The molecule has 3 rings (SSSR count). The van der Waals surface area contributed by atoms with Crippen molar-refractivity contribution in [2.24, 2.45) is 0 Å². The van der Waals surface area contributed by atoms with Crippen molar-refractivity contribution in [2.45, 2.75) is 13.5 Å². The van der Waals surface area contributed by atoms with Crippen molar-refractivity contribution in [2.75, 3.05) is 0 Å². The molecule has 0 bridgehead atoms. The SMILES string of the molecule is Cc1cc(-c2ccccc2OCc2cccc(Br)c2)c(C#N)c(=O)[nH]1. The van der Waals surface area contributed by atoms with Crippen LogP contribution in [0.2, 0.25) is 0 Å². The maximum Gasteiger partial charge on any atom is 0.266 e. The van der Waals surface area contributed by atoms with Gasteiger partial charge in [-0.1, -0.05) is 46.3 Å². The van der Waals surface area contributed by atoms with Gasteiger partial charge in [-0.25, -0.2) is 0 Å². The summed E-state index contributed by atoms with van der Waals surface area (Å²) < 4.78 is 6.95. The lowest BCUT2D eigenvalue weighted by Gasteiger charge is -2.13. The fourth-order valence-electron chi connectivity index (χ4n) is 2.61. The van der Waals surface area contributed by atoms with Gasteiger partial charge in [0, 0.05) is 21.3 Å². The van der Waals surface area contributed by atoms with Crippen LogP contribution in [-0.2, 0) is 6.61 Å². The van der Waals surface area contributed by atoms with Gasteiger partial charge in [-0.15, -0.1) is 0 Å². The van der Waals surface area contributed by atoms with E-state index < -0.39 is 0 Å². The Morgan fingerprint density at radius 3 is 2.68 bits per heavy atom. The number of hydrogen-bond acceptors (Lipinski definition) is 3. The third-order valence-electron chi connectivity index (χ3n) is 3.74. The van der Waals surface area contributed by atoms with Gasteiger partial charge in [0.2, 0.25) is 0 Å². The van der Waals surface area contributed by atoms with Gasteiger partial charge in [0.25, 0.3) is 5.56 Å². The van der Waals surface area contributed by atoms with E-state index in [0.717, 1.165) is 15.6 Å². The monoisotopic (exact) mass is 394 g/mol. The minimum atomic E-state index is -0.390. The number of rotatable bonds is 4. The molecule has 1 heterocycles. The fourth-order valence-corrected chi connectivity index (χ4v) is 3.06. The van der Waals surface area contributed by atoms with E-state index in [0.29, 0.717) is 23.6 Å². The van der Waals surface area contributed by atoms with E-state index in [2.05, 4.69) is 20.9 Å². The predicted molar refractivity (Wildman–Crippen MR) is 100 cm³/mol. The Balaban J connectivity index is 2.00. The average Bonchev–Trinajstić information content (AvgIpc) is 2.60. The van der Waals surface area contributed by atoms with E-state index in [1.165, 1.54) is 0 Å².